The van der Waals surface area contributed by atoms with Gasteiger partial charge in [0.1, 0.15) is 11.6 Å². The Bertz CT molecular complexity index is 427. The molecule has 1 aliphatic heterocycles. The number of nitrogen functional groups attached to an aromatic ring is 2. The van der Waals surface area contributed by atoms with Gasteiger partial charge in [0.15, 0.2) is 5.16 Å². The number of hydrogen-bond acceptors (Lipinski definition) is 6. The molecule has 0 bridgehead atoms. The largest absolute Gasteiger partial charge is 0.383 e. The van der Waals surface area contributed by atoms with Crippen LogP contribution in [0, 0.1) is 0 Å². The zero-order valence-electron chi connectivity index (χ0n) is 10.3. The summed E-state index contributed by atoms with van der Waals surface area (Å²) in [6, 6.07) is 1.50. The minimum absolute atomic E-state index is 0.127. The molecule has 1 aromatic rings. The van der Waals surface area contributed by atoms with Gasteiger partial charge in [0, 0.05) is 19.2 Å². The molecule has 1 aromatic heterocycles. The number of nitrogens with two attached hydrogens (primary N) is 2. The number of carbonyl (C=O) groups is 1. The summed E-state index contributed by atoms with van der Waals surface area (Å²) in [7, 11) is 0. The second-order valence-corrected chi connectivity index (χ2v) is 5.60. The van der Waals surface area contributed by atoms with Crippen LogP contribution in [-0.2, 0) is 4.79 Å². The first-order valence-corrected chi connectivity index (χ1v) is 6.79. The average molecular weight is 267 g/mol. The summed E-state index contributed by atoms with van der Waals surface area (Å²) in [5.41, 5.74) is 11.2. The van der Waals surface area contributed by atoms with Crippen LogP contribution in [0.1, 0.15) is 19.8 Å². The van der Waals surface area contributed by atoms with Gasteiger partial charge < -0.3 is 16.4 Å². The fourth-order valence-corrected chi connectivity index (χ4v) is 2.80. The Kier molecular flexibility index (Phi) is 3.90. The summed E-state index contributed by atoms with van der Waals surface area (Å²) in [4.78, 5) is 22.1. The molecule has 0 radical (unpaired) electrons. The molecule has 4 N–H and O–H groups in total. The molecular formula is C11H17N5OS. The van der Waals surface area contributed by atoms with E-state index in [0.717, 1.165) is 25.9 Å². The van der Waals surface area contributed by atoms with Gasteiger partial charge >= 0.3 is 0 Å². The molecule has 1 aliphatic rings. The lowest BCUT2D eigenvalue weighted by Crippen LogP contribution is -2.34. The first-order chi connectivity index (χ1) is 8.56. The van der Waals surface area contributed by atoms with Crippen molar-refractivity contribution in [1.29, 1.82) is 0 Å². The van der Waals surface area contributed by atoms with Gasteiger partial charge in [-0.1, -0.05) is 11.8 Å². The number of amides is 1. The molecule has 0 spiro atoms. The Morgan fingerprint density at radius 3 is 2.44 bits per heavy atom. The van der Waals surface area contributed by atoms with Crippen molar-refractivity contribution >= 4 is 29.3 Å². The zero-order valence-corrected chi connectivity index (χ0v) is 11.1. The Morgan fingerprint density at radius 1 is 1.33 bits per heavy atom. The van der Waals surface area contributed by atoms with Crippen molar-refractivity contribution in [2.45, 2.75) is 30.2 Å². The van der Waals surface area contributed by atoms with Crippen molar-refractivity contribution in [1.82, 2.24) is 14.9 Å². The Hall–Kier alpha value is -1.50. The number of hydrogen-bond donors (Lipinski definition) is 2. The van der Waals surface area contributed by atoms with E-state index in [-0.39, 0.29) is 11.2 Å². The van der Waals surface area contributed by atoms with E-state index in [1.54, 1.807) is 0 Å². The van der Waals surface area contributed by atoms with Crippen molar-refractivity contribution in [2.24, 2.45) is 0 Å². The third-order valence-corrected chi connectivity index (χ3v) is 3.74. The summed E-state index contributed by atoms with van der Waals surface area (Å²) >= 11 is 1.29. The molecule has 2 heterocycles. The molecule has 98 valence electrons. The van der Waals surface area contributed by atoms with Crippen molar-refractivity contribution in [3.63, 3.8) is 0 Å². The van der Waals surface area contributed by atoms with E-state index in [4.69, 9.17) is 11.5 Å². The number of thioether (sulfide) groups is 1. The Balaban J connectivity index is 2.01. The molecular weight excluding hydrogens is 250 g/mol. The quantitative estimate of drug-likeness (QED) is 0.619. The maximum absolute atomic E-state index is 12.1. The van der Waals surface area contributed by atoms with Gasteiger partial charge in [0.2, 0.25) is 5.91 Å². The number of carbonyl (C=O) groups excluding carboxylic acids is 1. The van der Waals surface area contributed by atoms with Crippen LogP contribution in [0.5, 0.6) is 0 Å². The molecule has 0 saturated carbocycles. The number of aromatic nitrogens is 2. The van der Waals surface area contributed by atoms with E-state index in [1.165, 1.54) is 17.8 Å². The van der Waals surface area contributed by atoms with E-state index in [2.05, 4.69) is 9.97 Å². The van der Waals surface area contributed by atoms with Gasteiger partial charge in [-0.3, -0.25) is 4.79 Å². The van der Waals surface area contributed by atoms with E-state index >= 15 is 0 Å². The summed E-state index contributed by atoms with van der Waals surface area (Å²) in [5.74, 6) is 0.777. The summed E-state index contributed by atoms with van der Waals surface area (Å²) in [6.07, 6.45) is 2.18. The number of rotatable bonds is 3. The summed E-state index contributed by atoms with van der Waals surface area (Å²) < 4.78 is 0. The van der Waals surface area contributed by atoms with Gasteiger partial charge in [-0.25, -0.2) is 9.97 Å². The van der Waals surface area contributed by atoms with Crippen molar-refractivity contribution in [3.05, 3.63) is 6.07 Å². The van der Waals surface area contributed by atoms with E-state index in [0.29, 0.717) is 16.8 Å². The Labute approximate surface area is 110 Å². The predicted molar refractivity (Wildman–Crippen MR) is 72.0 cm³/mol. The van der Waals surface area contributed by atoms with Gasteiger partial charge in [0.25, 0.3) is 0 Å². The first-order valence-electron chi connectivity index (χ1n) is 5.92. The van der Waals surface area contributed by atoms with Crippen LogP contribution in [-0.4, -0.2) is 39.1 Å². The third-order valence-electron chi connectivity index (χ3n) is 2.79. The number of anilines is 2. The zero-order chi connectivity index (χ0) is 13.1. The molecule has 1 amide bonds. The lowest BCUT2D eigenvalue weighted by Gasteiger charge is -2.19. The van der Waals surface area contributed by atoms with E-state index < -0.39 is 0 Å². The topological polar surface area (TPSA) is 98.1 Å². The fraction of sp³-hybridized carbons (Fsp3) is 0.545. The van der Waals surface area contributed by atoms with Gasteiger partial charge in [-0.2, -0.15) is 0 Å². The normalized spacial score (nSPS) is 16.8. The maximum atomic E-state index is 12.1. The number of nitrogens with zero attached hydrogens (tertiary/aromatic N) is 3. The molecule has 7 heteroatoms. The third kappa shape index (κ3) is 3.04. The van der Waals surface area contributed by atoms with Crippen LogP contribution in [0.15, 0.2) is 11.2 Å². The standard InChI is InChI=1S/C11H17N5OS/c1-7(10(17)16-4-2-3-5-16)18-11-14-8(12)6-9(13)15-11/h6-7H,2-5H2,1H3,(H4,12,13,14,15)/t7-/m1/s1. The minimum atomic E-state index is -0.218. The van der Waals surface area contributed by atoms with Gasteiger partial charge in [-0.15, -0.1) is 0 Å². The second-order valence-electron chi connectivity index (χ2n) is 4.29. The summed E-state index contributed by atoms with van der Waals surface area (Å²) in [6.45, 7) is 3.56. The van der Waals surface area contributed by atoms with Crippen LogP contribution in [0.25, 0.3) is 0 Å². The summed E-state index contributed by atoms with van der Waals surface area (Å²) in [5, 5.41) is 0.233. The van der Waals surface area contributed by atoms with E-state index in [1.807, 2.05) is 11.8 Å². The van der Waals surface area contributed by atoms with Crippen LogP contribution in [0.2, 0.25) is 0 Å². The highest BCUT2D eigenvalue weighted by molar-refractivity contribution is 8.00. The first kappa shape index (κ1) is 12.9. The Morgan fingerprint density at radius 2 is 1.89 bits per heavy atom. The average Bonchev–Trinajstić information content (AvgIpc) is 2.79. The van der Waals surface area contributed by atoms with Crippen LogP contribution < -0.4 is 11.5 Å². The molecule has 2 rings (SSSR count). The highest BCUT2D eigenvalue weighted by Crippen LogP contribution is 2.24. The monoisotopic (exact) mass is 267 g/mol. The highest BCUT2D eigenvalue weighted by atomic mass is 32.2. The van der Waals surface area contributed by atoms with Gasteiger partial charge in [0.05, 0.1) is 5.25 Å². The van der Waals surface area contributed by atoms with Crippen LogP contribution in [0.4, 0.5) is 11.6 Å². The second kappa shape index (κ2) is 5.43. The molecule has 0 aliphatic carbocycles. The molecule has 6 nitrogen and oxygen atoms in total. The van der Waals surface area contributed by atoms with Crippen LogP contribution >= 0.6 is 11.8 Å². The van der Waals surface area contributed by atoms with Crippen molar-refractivity contribution < 1.29 is 4.79 Å². The van der Waals surface area contributed by atoms with Crippen LogP contribution in [0.3, 0.4) is 0 Å². The predicted octanol–water partition coefficient (Wildman–Crippen LogP) is 0.744. The molecule has 1 saturated heterocycles. The SMILES string of the molecule is C[C@@H](Sc1nc(N)cc(N)n1)C(=O)N1CCCC1. The fourth-order valence-electron chi connectivity index (χ4n) is 1.92. The number of likely N-dealkylation sites (tertiary alicyclic amines) is 1. The molecule has 18 heavy (non-hydrogen) atoms. The minimum Gasteiger partial charge on any atom is -0.383 e. The molecule has 0 aromatic carbocycles. The van der Waals surface area contributed by atoms with Crippen molar-refractivity contribution in [2.75, 3.05) is 24.6 Å². The van der Waals surface area contributed by atoms with E-state index in [9.17, 15) is 4.79 Å². The molecule has 0 unspecified atom stereocenters. The highest BCUT2D eigenvalue weighted by Gasteiger charge is 2.24. The van der Waals surface area contributed by atoms with Crippen molar-refractivity contribution in [3.8, 4) is 0 Å². The lowest BCUT2D eigenvalue weighted by molar-refractivity contribution is -0.129. The maximum Gasteiger partial charge on any atom is 0.235 e. The van der Waals surface area contributed by atoms with Gasteiger partial charge in [-0.05, 0) is 19.8 Å². The lowest BCUT2D eigenvalue weighted by atomic mass is 10.4. The smallest absolute Gasteiger partial charge is 0.235 e. The molecule has 1 atom stereocenters. The molecule has 1 fully saturated rings.